The maximum atomic E-state index is 12.5. The number of halogens is 1. The molecule has 1 aromatic rings. The van der Waals surface area contributed by atoms with Crippen molar-refractivity contribution in [1.29, 1.82) is 0 Å². The van der Waals surface area contributed by atoms with E-state index >= 15 is 0 Å². The van der Waals surface area contributed by atoms with Gasteiger partial charge in [0.25, 0.3) is 0 Å². The lowest BCUT2D eigenvalue weighted by atomic mass is 10.3. The second-order valence-corrected chi connectivity index (χ2v) is 2.69. The fourth-order valence-electron chi connectivity index (χ4n) is 0.909. The SMILES string of the molecule is C=CN=CC(C)=Nc1ccc(F)cc1. The largest absolute Gasteiger partial charge is 0.263 e. The van der Waals surface area contributed by atoms with Gasteiger partial charge in [0.15, 0.2) is 0 Å². The molecule has 0 heterocycles. The summed E-state index contributed by atoms with van der Waals surface area (Å²) < 4.78 is 12.5. The van der Waals surface area contributed by atoms with Crippen LogP contribution in [0.15, 0.2) is 47.0 Å². The van der Waals surface area contributed by atoms with Crippen LogP contribution in [0.25, 0.3) is 0 Å². The van der Waals surface area contributed by atoms with Crippen LogP contribution in [0.4, 0.5) is 10.1 Å². The van der Waals surface area contributed by atoms with Crippen LogP contribution < -0.4 is 0 Å². The third kappa shape index (κ3) is 3.31. The molecule has 0 N–H and O–H groups in total. The lowest BCUT2D eigenvalue weighted by molar-refractivity contribution is 0.628. The average Bonchev–Trinajstić information content (AvgIpc) is 2.18. The molecular formula is C11H11FN2. The average molecular weight is 190 g/mol. The van der Waals surface area contributed by atoms with Gasteiger partial charge < -0.3 is 0 Å². The molecule has 0 unspecified atom stereocenters. The fraction of sp³-hybridized carbons (Fsp3) is 0.0909. The van der Waals surface area contributed by atoms with Crippen molar-refractivity contribution < 1.29 is 4.39 Å². The highest BCUT2D eigenvalue weighted by molar-refractivity contribution is 6.30. The summed E-state index contributed by atoms with van der Waals surface area (Å²) in [6, 6.07) is 5.97. The monoisotopic (exact) mass is 190 g/mol. The highest BCUT2D eigenvalue weighted by Crippen LogP contribution is 2.11. The maximum Gasteiger partial charge on any atom is 0.123 e. The van der Waals surface area contributed by atoms with E-state index in [1.165, 1.54) is 18.3 Å². The van der Waals surface area contributed by atoms with Crippen LogP contribution in [0, 0.1) is 5.82 Å². The van der Waals surface area contributed by atoms with Crippen molar-refractivity contribution in [2.45, 2.75) is 6.92 Å². The highest BCUT2D eigenvalue weighted by atomic mass is 19.1. The van der Waals surface area contributed by atoms with E-state index in [4.69, 9.17) is 0 Å². The first kappa shape index (κ1) is 10.3. The Bertz CT molecular complexity index is 363. The van der Waals surface area contributed by atoms with Crippen LogP contribution in [0.5, 0.6) is 0 Å². The smallest absolute Gasteiger partial charge is 0.123 e. The molecule has 0 fully saturated rings. The van der Waals surface area contributed by atoms with Crippen molar-refractivity contribution in [3.63, 3.8) is 0 Å². The van der Waals surface area contributed by atoms with Crippen LogP contribution in [0.2, 0.25) is 0 Å². The van der Waals surface area contributed by atoms with Gasteiger partial charge in [0, 0.05) is 12.4 Å². The predicted octanol–water partition coefficient (Wildman–Crippen LogP) is 3.13. The molecule has 0 bridgehead atoms. The number of aliphatic imine (C=N–C) groups is 2. The summed E-state index contributed by atoms with van der Waals surface area (Å²) in [6.07, 6.45) is 3.03. The first-order valence-corrected chi connectivity index (χ1v) is 4.17. The number of hydrogen-bond donors (Lipinski definition) is 0. The van der Waals surface area contributed by atoms with E-state index in [1.807, 2.05) is 6.92 Å². The first-order valence-electron chi connectivity index (χ1n) is 4.17. The first-order chi connectivity index (χ1) is 6.72. The van der Waals surface area contributed by atoms with E-state index < -0.39 is 0 Å². The van der Waals surface area contributed by atoms with Gasteiger partial charge in [0.1, 0.15) is 5.82 Å². The van der Waals surface area contributed by atoms with E-state index in [-0.39, 0.29) is 5.82 Å². The van der Waals surface area contributed by atoms with Gasteiger partial charge in [-0.25, -0.2) is 4.39 Å². The number of benzene rings is 1. The van der Waals surface area contributed by atoms with Crippen LogP contribution in [0.1, 0.15) is 6.92 Å². The van der Waals surface area contributed by atoms with Crippen LogP contribution in [0.3, 0.4) is 0 Å². The normalized spacial score (nSPS) is 12.0. The minimum absolute atomic E-state index is 0.263. The van der Waals surface area contributed by atoms with Crippen molar-refractivity contribution in [1.82, 2.24) is 0 Å². The van der Waals surface area contributed by atoms with E-state index in [9.17, 15) is 4.39 Å². The Hall–Kier alpha value is -1.77. The molecule has 0 spiro atoms. The summed E-state index contributed by atoms with van der Waals surface area (Å²) in [7, 11) is 0. The summed E-state index contributed by atoms with van der Waals surface area (Å²) >= 11 is 0. The number of rotatable bonds is 3. The molecule has 0 aliphatic rings. The van der Waals surface area contributed by atoms with Gasteiger partial charge in [-0.05, 0) is 31.2 Å². The van der Waals surface area contributed by atoms with Crippen molar-refractivity contribution in [2.75, 3.05) is 0 Å². The molecule has 1 rings (SSSR count). The zero-order chi connectivity index (χ0) is 10.4. The molecule has 0 saturated heterocycles. The molecule has 2 nitrogen and oxygen atoms in total. The Kier molecular flexibility index (Phi) is 3.73. The lowest BCUT2D eigenvalue weighted by Crippen LogP contribution is -1.90. The Balaban J connectivity index is 2.81. The summed E-state index contributed by atoms with van der Waals surface area (Å²) in [5.74, 6) is -0.263. The van der Waals surface area contributed by atoms with E-state index in [2.05, 4.69) is 16.6 Å². The molecule has 0 aliphatic carbocycles. The zero-order valence-corrected chi connectivity index (χ0v) is 7.94. The Morgan fingerprint density at radius 1 is 1.36 bits per heavy atom. The van der Waals surface area contributed by atoms with Gasteiger partial charge in [0.05, 0.1) is 11.4 Å². The van der Waals surface area contributed by atoms with Gasteiger partial charge in [-0.15, -0.1) is 0 Å². The van der Waals surface area contributed by atoms with Crippen LogP contribution in [-0.4, -0.2) is 11.9 Å². The minimum atomic E-state index is -0.263. The van der Waals surface area contributed by atoms with Crippen molar-refractivity contribution in [2.24, 2.45) is 9.98 Å². The quantitative estimate of drug-likeness (QED) is 0.654. The van der Waals surface area contributed by atoms with Gasteiger partial charge in [0.2, 0.25) is 0 Å². The summed E-state index contributed by atoms with van der Waals surface area (Å²) in [5, 5.41) is 0. The predicted molar refractivity (Wildman–Crippen MR) is 57.9 cm³/mol. The number of nitrogens with zero attached hydrogens (tertiary/aromatic N) is 2. The van der Waals surface area contributed by atoms with Crippen molar-refractivity contribution in [3.8, 4) is 0 Å². The van der Waals surface area contributed by atoms with E-state index in [0.717, 1.165) is 5.71 Å². The summed E-state index contributed by atoms with van der Waals surface area (Å²) in [4.78, 5) is 8.01. The molecule has 1 aromatic carbocycles. The molecular weight excluding hydrogens is 179 g/mol. The standard InChI is InChI=1S/C11H11FN2/c1-3-13-8-9(2)14-11-6-4-10(12)5-7-11/h3-8H,1H2,2H3. The molecule has 0 aliphatic heterocycles. The molecule has 0 radical (unpaired) electrons. The zero-order valence-electron chi connectivity index (χ0n) is 7.94. The third-order valence-electron chi connectivity index (χ3n) is 1.50. The Morgan fingerprint density at radius 3 is 2.57 bits per heavy atom. The molecule has 0 aromatic heterocycles. The molecule has 72 valence electrons. The molecule has 14 heavy (non-hydrogen) atoms. The molecule has 0 amide bonds. The maximum absolute atomic E-state index is 12.5. The second-order valence-electron chi connectivity index (χ2n) is 2.69. The molecule has 3 heteroatoms. The molecule has 0 atom stereocenters. The van der Waals surface area contributed by atoms with Gasteiger partial charge >= 0.3 is 0 Å². The summed E-state index contributed by atoms with van der Waals surface area (Å²) in [6.45, 7) is 5.26. The van der Waals surface area contributed by atoms with Crippen molar-refractivity contribution in [3.05, 3.63) is 42.9 Å². The van der Waals surface area contributed by atoms with Gasteiger partial charge in [-0.2, -0.15) is 0 Å². The van der Waals surface area contributed by atoms with Crippen molar-refractivity contribution >= 4 is 17.6 Å². The van der Waals surface area contributed by atoms with Gasteiger partial charge in [-0.1, -0.05) is 6.58 Å². The minimum Gasteiger partial charge on any atom is -0.263 e. The Morgan fingerprint density at radius 2 is 2.00 bits per heavy atom. The topological polar surface area (TPSA) is 24.7 Å². The van der Waals surface area contributed by atoms with Gasteiger partial charge in [-0.3, -0.25) is 9.98 Å². The number of hydrogen-bond acceptors (Lipinski definition) is 2. The molecule has 0 saturated carbocycles. The fourth-order valence-corrected chi connectivity index (χ4v) is 0.909. The van der Waals surface area contributed by atoms with E-state index in [0.29, 0.717) is 5.69 Å². The summed E-state index contributed by atoms with van der Waals surface area (Å²) in [5.41, 5.74) is 1.45. The van der Waals surface area contributed by atoms with Crippen LogP contribution in [-0.2, 0) is 0 Å². The van der Waals surface area contributed by atoms with E-state index in [1.54, 1.807) is 18.3 Å². The third-order valence-corrected chi connectivity index (χ3v) is 1.50. The van der Waals surface area contributed by atoms with Crippen LogP contribution >= 0.6 is 0 Å². The lowest BCUT2D eigenvalue weighted by Gasteiger charge is -1.94. The highest BCUT2D eigenvalue weighted by Gasteiger charge is 1.91. The Labute approximate surface area is 82.5 Å². The second kappa shape index (κ2) is 5.07.